The predicted molar refractivity (Wildman–Crippen MR) is 297 cm³/mol. The summed E-state index contributed by atoms with van der Waals surface area (Å²) in [5.41, 5.74) is 41.1. The minimum atomic E-state index is 0.222. The van der Waals surface area contributed by atoms with Crippen molar-refractivity contribution in [2.45, 2.75) is 80.1 Å². The second-order valence-electron chi connectivity index (χ2n) is 22.1. The third-order valence-corrected chi connectivity index (χ3v) is 19.3. The van der Waals surface area contributed by atoms with E-state index in [4.69, 9.17) is 0 Å². The van der Waals surface area contributed by atoms with E-state index in [1.165, 1.54) is 132 Å². The van der Waals surface area contributed by atoms with Gasteiger partial charge in [0.2, 0.25) is 20.1 Å². The van der Waals surface area contributed by atoms with Crippen molar-refractivity contribution < 1.29 is 0 Å². The van der Waals surface area contributed by atoms with Crippen LogP contribution in [0.3, 0.4) is 0 Å². The van der Waals surface area contributed by atoms with Gasteiger partial charge in [-0.25, -0.2) is 0 Å². The van der Waals surface area contributed by atoms with Crippen LogP contribution in [0.1, 0.15) is 100 Å². The first-order valence-corrected chi connectivity index (χ1v) is 25.8. The van der Waals surface area contributed by atoms with E-state index in [0.29, 0.717) is 0 Å². The molecule has 10 aromatic carbocycles. The van der Waals surface area contributed by atoms with Crippen LogP contribution in [0.15, 0.2) is 127 Å². The molecule has 0 N–H and O–H groups in total. The first kappa shape index (κ1) is 39.1. The Bertz CT molecular complexity index is 3660. The van der Waals surface area contributed by atoms with Crippen molar-refractivity contribution in [3.8, 4) is 0 Å². The Labute approximate surface area is 407 Å². The molecular formula is C66H51B3. The lowest BCUT2D eigenvalue weighted by Crippen LogP contribution is -2.62. The van der Waals surface area contributed by atoms with Crippen LogP contribution in [-0.4, -0.2) is 20.1 Å². The third-order valence-electron chi connectivity index (χ3n) is 19.3. The van der Waals surface area contributed by atoms with Gasteiger partial charge in [-0.05, 0) is 196 Å². The quantitative estimate of drug-likeness (QED) is 0.107. The highest BCUT2D eigenvalue weighted by atomic mass is 14.4. The summed E-state index contributed by atoms with van der Waals surface area (Å²) in [5.74, 6) is 0. The average Bonchev–Trinajstić information content (AvgIpc) is 3.37. The van der Waals surface area contributed by atoms with Gasteiger partial charge < -0.3 is 0 Å². The van der Waals surface area contributed by atoms with Gasteiger partial charge >= 0.3 is 0 Å². The summed E-state index contributed by atoms with van der Waals surface area (Å²) in [5, 5.41) is 9.17. The summed E-state index contributed by atoms with van der Waals surface area (Å²) < 4.78 is 0. The lowest BCUT2D eigenvalue weighted by molar-refractivity contribution is 1.14. The molecule has 0 saturated heterocycles. The topological polar surface area (TPSA) is 0 Å². The number of rotatable bonds is 0. The molecule has 0 aromatic heterocycles. The maximum absolute atomic E-state index is 2.52. The van der Waals surface area contributed by atoms with E-state index in [2.05, 4.69) is 169 Å². The van der Waals surface area contributed by atoms with Crippen LogP contribution in [0, 0.1) is 41.5 Å². The van der Waals surface area contributed by atoms with E-state index >= 15 is 0 Å². The van der Waals surface area contributed by atoms with Crippen LogP contribution in [-0.2, 0) is 38.5 Å². The third kappa shape index (κ3) is 4.76. The molecule has 6 aliphatic heterocycles. The number of aryl methyl sites for hydroxylation is 3. The predicted octanol–water partition coefficient (Wildman–Crippen LogP) is 7.97. The van der Waals surface area contributed by atoms with E-state index in [0.717, 1.165) is 38.5 Å². The maximum Gasteiger partial charge on any atom is 0.243 e. The lowest BCUT2D eigenvalue weighted by Gasteiger charge is -2.40. The Morgan fingerprint density at radius 2 is 0.478 bits per heavy atom. The van der Waals surface area contributed by atoms with Crippen molar-refractivity contribution in [3.63, 3.8) is 0 Å². The number of hydrogen-bond acceptors (Lipinski definition) is 0. The summed E-state index contributed by atoms with van der Waals surface area (Å²) in [6, 6.07) is 50.0. The number of hydrogen-bond donors (Lipinski definition) is 0. The molecule has 69 heavy (non-hydrogen) atoms. The van der Waals surface area contributed by atoms with Gasteiger partial charge in [-0.2, -0.15) is 0 Å². The van der Waals surface area contributed by atoms with Crippen LogP contribution >= 0.6 is 0 Å². The zero-order valence-electron chi connectivity index (χ0n) is 40.6. The molecule has 0 spiro atoms. The summed E-state index contributed by atoms with van der Waals surface area (Å²) in [6.07, 6.45) is 5.93. The smallest absolute Gasteiger partial charge is 0.0667 e. The molecular weight excluding hydrogens is 825 g/mol. The van der Waals surface area contributed by atoms with Crippen LogP contribution in [0.5, 0.6) is 0 Å². The molecule has 0 aliphatic carbocycles. The van der Waals surface area contributed by atoms with Gasteiger partial charge in [0.05, 0.1) is 0 Å². The Morgan fingerprint density at radius 3 is 0.768 bits per heavy atom. The maximum atomic E-state index is 2.52. The Balaban J connectivity index is 1.14. The Kier molecular flexibility index (Phi) is 7.63. The molecule has 16 rings (SSSR count). The van der Waals surface area contributed by atoms with Gasteiger partial charge in [-0.3, -0.25) is 0 Å². The van der Waals surface area contributed by atoms with Crippen molar-refractivity contribution in [2.75, 3.05) is 0 Å². The molecule has 3 heteroatoms. The van der Waals surface area contributed by atoms with Gasteiger partial charge in [0.15, 0.2) is 0 Å². The number of fused-ring (bicyclic) bond motifs is 21. The van der Waals surface area contributed by atoms with Crippen molar-refractivity contribution in [1.29, 1.82) is 0 Å². The first-order valence-electron chi connectivity index (χ1n) is 25.8. The highest BCUT2D eigenvalue weighted by Crippen LogP contribution is 2.48. The highest BCUT2D eigenvalue weighted by Gasteiger charge is 2.44. The molecule has 6 aliphatic rings. The van der Waals surface area contributed by atoms with Gasteiger partial charge in [0.1, 0.15) is 0 Å². The largest absolute Gasteiger partial charge is 0.243 e. The van der Waals surface area contributed by atoms with Crippen LogP contribution in [0.25, 0.3) is 32.3 Å². The molecule has 0 fully saturated rings. The fraction of sp³-hybridized carbons (Fsp3) is 0.182. The zero-order chi connectivity index (χ0) is 45.9. The van der Waals surface area contributed by atoms with Gasteiger partial charge in [-0.15, -0.1) is 0 Å². The molecule has 6 heterocycles. The minimum absolute atomic E-state index is 0.222. The minimum Gasteiger partial charge on any atom is -0.0667 e. The first-order chi connectivity index (χ1) is 33.8. The van der Waals surface area contributed by atoms with Crippen molar-refractivity contribution in [1.82, 2.24) is 0 Å². The lowest BCUT2D eigenvalue weighted by atomic mass is 9.29. The Hall–Kier alpha value is -6.83. The molecule has 0 amide bonds. The standard InChI is InChI=1S/C66H51B3/c1-34-37(4)61-49(31-46-22-13-19-43-28-40-16-7-10-25-52(40)67(61)64(43)46)58-55(34)59-50-32-47-23-14-20-44-29-41-17-8-11-26-53(41)68(65(44)47)62(50)38(5)35(2)57(59)60-51-33-48-24-15-21-45-30-42-18-9-12-27-54(42)69(66(45)48)63(51)39(6)36(3)56(58)60/h7-27H,28-33H2,1-6H3. The zero-order valence-corrected chi connectivity index (χ0v) is 40.6. The average molecular weight is 877 g/mol. The summed E-state index contributed by atoms with van der Waals surface area (Å²) >= 11 is 0. The monoisotopic (exact) mass is 876 g/mol. The van der Waals surface area contributed by atoms with Gasteiger partial charge in [0.25, 0.3) is 0 Å². The van der Waals surface area contributed by atoms with Crippen molar-refractivity contribution in [3.05, 3.63) is 228 Å². The van der Waals surface area contributed by atoms with E-state index in [-0.39, 0.29) is 20.1 Å². The molecule has 0 nitrogen and oxygen atoms in total. The second-order valence-corrected chi connectivity index (χ2v) is 22.1. The van der Waals surface area contributed by atoms with E-state index in [1.54, 1.807) is 49.5 Å². The van der Waals surface area contributed by atoms with Gasteiger partial charge in [-0.1, -0.05) is 193 Å². The molecule has 0 atom stereocenters. The molecule has 0 unspecified atom stereocenters. The molecule has 0 bridgehead atoms. The second kappa shape index (κ2) is 13.5. The van der Waals surface area contributed by atoms with E-state index < -0.39 is 0 Å². The van der Waals surface area contributed by atoms with Crippen LogP contribution in [0.2, 0.25) is 0 Å². The summed E-state index contributed by atoms with van der Waals surface area (Å²) in [7, 11) is 0. The molecule has 10 aromatic rings. The van der Waals surface area contributed by atoms with Crippen molar-refractivity contribution in [2.24, 2.45) is 0 Å². The number of benzene rings is 10. The summed E-state index contributed by atoms with van der Waals surface area (Å²) in [6.45, 7) is 15.7. The normalized spacial score (nSPS) is 15.0. The molecule has 324 valence electrons. The summed E-state index contributed by atoms with van der Waals surface area (Å²) in [4.78, 5) is 0. The SMILES string of the molecule is Cc1c2c(c3c(c1C)c1c4c(c(C)c(C)c1c1c5c(c(C)c(C)c31)B1c3ccccc3Cc3cccc(c31)C5)B1c3ccccc3Cc3cccc(c31)C4)Cc1cccc3c1B2c1ccccc1C3. The Morgan fingerprint density at radius 1 is 0.232 bits per heavy atom. The highest BCUT2D eigenvalue weighted by molar-refractivity contribution is 6.99. The molecule has 0 radical (unpaired) electrons. The fourth-order valence-corrected chi connectivity index (χ4v) is 16.3. The van der Waals surface area contributed by atoms with Crippen LogP contribution < -0.4 is 49.2 Å². The van der Waals surface area contributed by atoms with Crippen molar-refractivity contribution >= 4 is 102 Å². The molecule has 0 saturated carbocycles. The van der Waals surface area contributed by atoms with E-state index in [1.807, 2.05) is 0 Å². The van der Waals surface area contributed by atoms with Gasteiger partial charge in [0, 0.05) is 0 Å². The fourth-order valence-electron chi connectivity index (χ4n) is 16.3. The van der Waals surface area contributed by atoms with Crippen LogP contribution in [0.4, 0.5) is 0 Å². The van der Waals surface area contributed by atoms with E-state index in [9.17, 15) is 0 Å².